The van der Waals surface area contributed by atoms with Gasteiger partial charge >= 0.3 is 0 Å². The summed E-state index contributed by atoms with van der Waals surface area (Å²) in [5, 5.41) is 5.31. The minimum atomic E-state index is -0.344. The average Bonchev–Trinajstić information content (AvgIpc) is 3.11. The third-order valence-electron chi connectivity index (χ3n) is 2.31. The molecule has 1 aliphatic rings. The van der Waals surface area contributed by atoms with Crippen molar-refractivity contribution in [3.8, 4) is 0 Å². The molecule has 1 aromatic rings. The molecule has 5 nitrogen and oxygen atoms in total. The maximum absolute atomic E-state index is 11.6. The number of hydrogen-bond donors (Lipinski definition) is 2. The molecule has 2 amide bonds. The first-order chi connectivity index (χ1) is 8.15. The van der Waals surface area contributed by atoms with Crippen LogP contribution in [0.1, 0.15) is 23.3 Å². The van der Waals surface area contributed by atoms with Gasteiger partial charge in [0.2, 0.25) is 5.91 Å². The van der Waals surface area contributed by atoms with E-state index < -0.39 is 0 Å². The van der Waals surface area contributed by atoms with Crippen LogP contribution in [0.5, 0.6) is 0 Å². The van der Waals surface area contributed by atoms with Gasteiger partial charge in [-0.2, -0.15) is 0 Å². The van der Waals surface area contributed by atoms with Crippen LogP contribution in [0.15, 0.2) is 22.8 Å². The number of carbonyl (C=O) groups is 2. The van der Waals surface area contributed by atoms with Gasteiger partial charge in [0.25, 0.3) is 5.91 Å². The number of pyridine rings is 1. The summed E-state index contributed by atoms with van der Waals surface area (Å²) in [7, 11) is 0. The molecular formula is C11H12BrN3O2. The molecule has 1 saturated carbocycles. The number of hydrogen-bond acceptors (Lipinski definition) is 3. The van der Waals surface area contributed by atoms with E-state index in [-0.39, 0.29) is 18.4 Å². The molecule has 6 heteroatoms. The molecule has 2 N–H and O–H groups in total. The predicted molar refractivity (Wildman–Crippen MR) is 65.4 cm³/mol. The number of aromatic nitrogens is 1. The van der Waals surface area contributed by atoms with Crippen LogP contribution in [0, 0.1) is 0 Å². The third-order valence-corrected chi connectivity index (χ3v) is 2.78. The zero-order valence-corrected chi connectivity index (χ0v) is 10.7. The Kier molecular flexibility index (Phi) is 3.73. The number of halogens is 1. The molecule has 0 saturated heterocycles. The van der Waals surface area contributed by atoms with Crippen molar-refractivity contribution in [2.24, 2.45) is 0 Å². The fraction of sp³-hybridized carbons (Fsp3) is 0.364. The Bertz CT molecular complexity index is 429. The summed E-state index contributed by atoms with van der Waals surface area (Å²) in [6, 6.07) is 3.63. The van der Waals surface area contributed by atoms with Crippen molar-refractivity contribution >= 4 is 27.7 Å². The molecule has 1 heterocycles. The second-order valence-corrected chi connectivity index (χ2v) is 4.80. The molecule has 0 atom stereocenters. The number of amides is 2. The lowest BCUT2D eigenvalue weighted by atomic mass is 10.3. The van der Waals surface area contributed by atoms with E-state index >= 15 is 0 Å². The maximum atomic E-state index is 11.6. The molecule has 0 aliphatic heterocycles. The van der Waals surface area contributed by atoms with E-state index in [1.165, 1.54) is 0 Å². The summed E-state index contributed by atoms with van der Waals surface area (Å²) in [5.74, 6) is -0.499. The van der Waals surface area contributed by atoms with Crippen LogP contribution < -0.4 is 10.6 Å². The highest BCUT2D eigenvalue weighted by Crippen LogP contribution is 2.18. The lowest BCUT2D eigenvalue weighted by molar-refractivity contribution is -0.120. The number of rotatable bonds is 4. The Balaban J connectivity index is 1.79. The fourth-order valence-electron chi connectivity index (χ4n) is 1.27. The smallest absolute Gasteiger partial charge is 0.270 e. The van der Waals surface area contributed by atoms with Crippen molar-refractivity contribution in [2.45, 2.75) is 18.9 Å². The van der Waals surface area contributed by atoms with Gasteiger partial charge in [-0.3, -0.25) is 9.59 Å². The highest BCUT2D eigenvalue weighted by molar-refractivity contribution is 9.10. The van der Waals surface area contributed by atoms with Gasteiger partial charge in [0, 0.05) is 16.7 Å². The van der Waals surface area contributed by atoms with Crippen molar-refractivity contribution in [3.05, 3.63) is 28.5 Å². The van der Waals surface area contributed by atoms with Crippen LogP contribution in [-0.4, -0.2) is 29.4 Å². The van der Waals surface area contributed by atoms with Gasteiger partial charge < -0.3 is 10.6 Å². The zero-order chi connectivity index (χ0) is 12.3. The largest absolute Gasteiger partial charge is 0.352 e. The summed E-state index contributed by atoms with van der Waals surface area (Å²) >= 11 is 3.23. The standard InChI is InChI=1S/C11H12BrN3O2/c12-7-1-4-9(13-5-7)11(17)14-6-10(16)15-8-2-3-8/h1,4-5,8H,2-3,6H2,(H,14,17)(H,15,16). The Morgan fingerprint density at radius 1 is 1.41 bits per heavy atom. The predicted octanol–water partition coefficient (Wildman–Crippen LogP) is 0.852. The molecular weight excluding hydrogens is 286 g/mol. The molecule has 1 aliphatic carbocycles. The Hall–Kier alpha value is -1.43. The first-order valence-corrected chi connectivity index (χ1v) is 6.13. The van der Waals surface area contributed by atoms with Gasteiger partial charge in [0.15, 0.2) is 0 Å². The highest BCUT2D eigenvalue weighted by Gasteiger charge is 2.23. The van der Waals surface area contributed by atoms with E-state index in [4.69, 9.17) is 0 Å². The van der Waals surface area contributed by atoms with Gasteiger partial charge in [0.05, 0.1) is 6.54 Å². The molecule has 0 bridgehead atoms. The molecule has 17 heavy (non-hydrogen) atoms. The minimum absolute atomic E-state index is 0.00687. The van der Waals surface area contributed by atoms with Crippen molar-refractivity contribution in [1.82, 2.24) is 15.6 Å². The monoisotopic (exact) mass is 297 g/mol. The van der Waals surface area contributed by atoms with Gasteiger partial charge in [-0.1, -0.05) is 0 Å². The van der Waals surface area contributed by atoms with Gasteiger partial charge in [0.1, 0.15) is 5.69 Å². The SMILES string of the molecule is O=C(CNC(=O)c1ccc(Br)cn1)NC1CC1. The third kappa shape index (κ3) is 3.81. The van der Waals surface area contributed by atoms with Crippen molar-refractivity contribution in [3.63, 3.8) is 0 Å². The zero-order valence-electron chi connectivity index (χ0n) is 9.07. The van der Waals surface area contributed by atoms with Crippen molar-refractivity contribution < 1.29 is 9.59 Å². The summed E-state index contributed by atoms with van der Waals surface area (Å²) in [4.78, 5) is 26.9. The molecule has 1 fully saturated rings. The Morgan fingerprint density at radius 2 is 2.18 bits per heavy atom. The van der Waals surface area contributed by atoms with Crippen LogP contribution in [0.2, 0.25) is 0 Å². The topological polar surface area (TPSA) is 71.1 Å². The summed E-state index contributed by atoms with van der Waals surface area (Å²) in [5.41, 5.74) is 0.299. The highest BCUT2D eigenvalue weighted by atomic mass is 79.9. The molecule has 0 unspecified atom stereocenters. The molecule has 0 aromatic carbocycles. The average molecular weight is 298 g/mol. The quantitative estimate of drug-likeness (QED) is 0.866. The summed E-state index contributed by atoms with van der Waals surface area (Å²) in [6.07, 6.45) is 3.61. The first kappa shape index (κ1) is 12.0. The van der Waals surface area contributed by atoms with Crippen molar-refractivity contribution in [2.75, 3.05) is 6.54 Å². The Labute approximate surface area is 107 Å². The van der Waals surface area contributed by atoms with Crippen molar-refractivity contribution in [1.29, 1.82) is 0 Å². The van der Waals surface area contributed by atoms with Crippen LogP contribution in [0.3, 0.4) is 0 Å². The molecule has 0 spiro atoms. The Morgan fingerprint density at radius 3 is 2.76 bits per heavy atom. The minimum Gasteiger partial charge on any atom is -0.352 e. The summed E-state index contributed by atoms with van der Waals surface area (Å²) in [6.45, 7) is -0.00687. The molecule has 0 radical (unpaired) electrons. The van der Waals surface area contributed by atoms with Crippen LogP contribution >= 0.6 is 15.9 Å². The maximum Gasteiger partial charge on any atom is 0.270 e. The van der Waals surface area contributed by atoms with Crippen LogP contribution in [-0.2, 0) is 4.79 Å². The number of nitrogens with zero attached hydrogens (tertiary/aromatic N) is 1. The van der Waals surface area contributed by atoms with E-state index in [0.717, 1.165) is 17.3 Å². The van der Waals surface area contributed by atoms with Gasteiger partial charge in [-0.05, 0) is 40.9 Å². The normalized spacial score (nSPS) is 14.2. The lowest BCUT2D eigenvalue weighted by Crippen LogP contribution is -2.38. The first-order valence-electron chi connectivity index (χ1n) is 5.34. The second kappa shape index (κ2) is 5.27. The van der Waals surface area contributed by atoms with E-state index in [0.29, 0.717) is 11.7 Å². The van der Waals surface area contributed by atoms with Crippen LogP contribution in [0.4, 0.5) is 0 Å². The van der Waals surface area contributed by atoms with Crippen LogP contribution in [0.25, 0.3) is 0 Å². The molecule has 1 aromatic heterocycles. The second-order valence-electron chi connectivity index (χ2n) is 3.89. The number of nitrogens with one attached hydrogen (secondary N) is 2. The fourth-order valence-corrected chi connectivity index (χ4v) is 1.50. The van der Waals surface area contributed by atoms with E-state index in [9.17, 15) is 9.59 Å². The lowest BCUT2D eigenvalue weighted by Gasteiger charge is -2.05. The molecule has 90 valence electrons. The van der Waals surface area contributed by atoms with Gasteiger partial charge in [-0.15, -0.1) is 0 Å². The summed E-state index contributed by atoms with van der Waals surface area (Å²) < 4.78 is 0.806. The molecule has 2 rings (SSSR count). The number of carbonyl (C=O) groups excluding carboxylic acids is 2. The van der Waals surface area contributed by atoms with E-state index in [1.54, 1.807) is 18.3 Å². The van der Waals surface area contributed by atoms with Gasteiger partial charge in [-0.25, -0.2) is 4.98 Å². The van der Waals surface area contributed by atoms with E-state index in [1.807, 2.05) is 0 Å². The van der Waals surface area contributed by atoms with E-state index in [2.05, 4.69) is 31.5 Å².